The fraction of sp³-hybridized carbons (Fsp3) is 0.450. The predicted molar refractivity (Wildman–Crippen MR) is 101 cm³/mol. The van der Waals surface area contributed by atoms with Gasteiger partial charge in [-0.1, -0.05) is 44.2 Å². The van der Waals surface area contributed by atoms with Crippen LogP contribution in [0.3, 0.4) is 0 Å². The summed E-state index contributed by atoms with van der Waals surface area (Å²) in [7, 11) is 0. The highest BCUT2D eigenvalue weighted by Gasteiger charge is 2.28. The molecule has 1 heterocycles. The van der Waals surface area contributed by atoms with Crippen LogP contribution in [0.1, 0.15) is 26.3 Å². The molecule has 0 bridgehead atoms. The summed E-state index contributed by atoms with van der Waals surface area (Å²) in [6, 6.07) is 8.90. The molecule has 1 aliphatic rings. The number of hydrogen-bond donors (Lipinski definition) is 1. The summed E-state index contributed by atoms with van der Waals surface area (Å²) in [6.07, 6.45) is 3.14. The Labute approximate surface area is 154 Å². The average Bonchev–Trinajstić information content (AvgIpc) is 2.66. The second-order valence-electron chi connectivity index (χ2n) is 6.78. The van der Waals surface area contributed by atoms with E-state index in [1.54, 1.807) is 22.8 Å². The Morgan fingerprint density at radius 2 is 1.46 bits per heavy atom. The van der Waals surface area contributed by atoms with Crippen LogP contribution in [0.2, 0.25) is 0 Å². The van der Waals surface area contributed by atoms with Crippen LogP contribution in [-0.4, -0.2) is 59.7 Å². The number of piperazine rings is 1. The van der Waals surface area contributed by atoms with E-state index in [4.69, 9.17) is 0 Å². The van der Waals surface area contributed by atoms with E-state index in [2.05, 4.69) is 5.32 Å². The van der Waals surface area contributed by atoms with Crippen molar-refractivity contribution in [1.29, 1.82) is 0 Å². The molecular weight excluding hydrogens is 330 g/mol. The molecule has 0 saturated carbocycles. The lowest BCUT2D eigenvalue weighted by Crippen LogP contribution is -2.55. The normalized spacial score (nSPS) is 16.0. The zero-order chi connectivity index (χ0) is 19.1. The van der Waals surface area contributed by atoms with Gasteiger partial charge in [-0.25, -0.2) is 0 Å². The van der Waals surface area contributed by atoms with Gasteiger partial charge in [0.15, 0.2) is 0 Å². The molecule has 1 aromatic carbocycles. The van der Waals surface area contributed by atoms with Gasteiger partial charge in [0.2, 0.25) is 17.7 Å². The number of hydrogen-bond acceptors (Lipinski definition) is 3. The molecule has 2 rings (SSSR count). The van der Waals surface area contributed by atoms with Crippen molar-refractivity contribution in [1.82, 2.24) is 15.1 Å². The van der Waals surface area contributed by atoms with Gasteiger partial charge in [-0.05, 0) is 18.6 Å². The van der Waals surface area contributed by atoms with Crippen molar-refractivity contribution >= 4 is 23.8 Å². The minimum Gasteiger partial charge on any atom is -0.341 e. The molecule has 1 saturated heterocycles. The number of benzene rings is 1. The first-order valence-corrected chi connectivity index (χ1v) is 8.99. The van der Waals surface area contributed by atoms with Gasteiger partial charge < -0.3 is 15.1 Å². The fourth-order valence-corrected chi connectivity index (χ4v) is 2.85. The van der Waals surface area contributed by atoms with E-state index < -0.39 is 6.04 Å². The van der Waals surface area contributed by atoms with Crippen molar-refractivity contribution in [3.8, 4) is 0 Å². The highest BCUT2D eigenvalue weighted by atomic mass is 16.2. The Morgan fingerprint density at radius 3 is 2.00 bits per heavy atom. The molecule has 1 aromatic rings. The third kappa shape index (κ3) is 5.44. The second-order valence-corrected chi connectivity index (χ2v) is 6.78. The molecule has 1 fully saturated rings. The largest absolute Gasteiger partial charge is 0.341 e. The third-order valence-electron chi connectivity index (χ3n) is 4.35. The standard InChI is InChI=1S/C20H27N3O3/c1-15(2)19(25)22-11-13-23(14-12-22)20(26)16(3)21-18(24)10-9-17-7-5-4-6-8-17/h4-10,15-16H,11-14H2,1-3H3,(H,21,24)/b10-9+. The van der Waals surface area contributed by atoms with Crippen LogP contribution in [0.4, 0.5) is 0 Å². The molecule has 6 nitrogen and oxygen atoms in total. The van der Waals surface area contributed by atoms with Gasteiger partial charge in [-0.15, -0.1) is 0 Å². The van der Waals surface area contributed by atoms with Gasteiger partial charge in [0.25, 0.3) is 0 Å². The van der Waals surface area contributed by atoms with Crippen molar-refractivity contribution in [2.75, 3.05) is 26.2 Å². The summed E-state index contributed by atoms with van der Waals surface area (Å²) in [5, 5.41) is 2.70. The van der Waals surface area contributed by atoms with E-state index in [0.29, 0.717) is 26.2 Å². The zero-order valence-electron chi connectivity index (χ0n) is 15.6. The Hall–Kier alpha value is -2.63. The smallest absolute Gasteiger partial charge is 0.244 e. The molecule has 0 aromatic heterocycles. The van der Waals surface area contributed by atoms with Crippen molar-refractivity contribution in [2.45, 2.75) is 26.8 Å². The van der Waals surface area contributed by atoms with Crippen molar-refractivity contribution in [3.63, 3.8) is 0 Å². The van der Waals surface area contributed by atoms with E-state index in [-0.39, 0.29) is 23.6 Å². The lowest BCUT2D eigenvalue weighted by Gasteiger charge is -2.36. The predicted octanol–water partition coefficient (Wildman–Crippen LogP) is 1.53. The van der Waals surface area contributed by atoms with Crippen LogP contribution < -0.4 is 5.32 Å². The number of amides is 3. The summed E-state index contributed by atoms with van der Waals surface area (Å²) in [4.78, 5) is 40.0. The number of carbonyl (C=O) groups excluding carboxylic acids is 3. The molecule has 1 aliphatic heterocycles. The second kappa shape index (κ2) is 9.17. The van der Waals surface area contributed by atoms with E-state index in [1.165, 1.54) is 6.08 Å². The Bertz CT molecular complexity index is 662. The van der Waals surface area contributed by atoms with Gasteiger partial charge in [-0.2, -0.15) is 0 Å². The molecule has 140 valence electrons. The van der Waals surface area contributed by atoms with Crippen molar-refractivity contribution in [3.05, 3.63) is 42.0 Å². The van der Waals surface area contributed by atoms with E-state index in [0.717, 1.165) is 5.56 Å². The van der Waals surface area contributed by atoms with Crippen LogP contribution in [0, 0.1) is 5.92 Å². The van der Waals surface area contributed by atoms with Crippen LogP contribution in [-0.2, 0) is 14.4 Å². The van der Waals surface area contributed by atoms with Crippen LogP contribution >= 0.6 is 0 Å². The monoisotopic (exact) mass is 357 g/mol. The quantitative estimate of drug-likeness (QED) is 0.813. The van der Waals surface area contributed by atoms with E-state index >= 15 is 0 Å². The molecule has 3 amide bonds. The van der Waals surface area contributed by atoms with Gasteiger partial charge in [-0.3, -0.25) is 14.4 Å². The fourth-order valence-electron chi connectivity index (χ4n) is 2.85. The summed E-state index contributed by atoms with van der Waals surface area (Å²) < 4.78 is 0. The average molecular weight is 357 g/mol. The summed E-state index contributed by atoms with van der Waals surface area (Å²) in [5.41, 5.74) is 0.924. The van der Waals surface area contributed by atoms with E-state index in [9.17, 15) is 14.4 Å². The molecule has 1 unspecified atom stereocenters. The highest BCUT2D eigenvalue weighted by molar-refractivity contribution is 5.95. The third-order valence-corrected chi connectivity index (χ3v) is 4.35. The molecule has 0 aliphatic carbocycles. The van der Waals surface area contributed by atoms with Gasteiger partial charge in [0.1, 0.15) is 6.04 Å². The van der Waals surface area contributed by atoms with Crippen LogP contribution in [0.15, 0.2) is 36.4 Å². The Kier molecular flexibility index (Phi) is 6.95. The maximum absolute atomic E-state index is 12.5. The summed E-state index contributed by atoms with van der Waals surface area (Å²) >= 11 is 0. The van der Waals surface area contributed by atoms with Crippen molar-refractivity contribution in [2.24, 2.45) is 5.92 Å². The lowest BCUT2D eigenvalue weighted by molar-refractivity contribution is -0.142. The first-order chi connectivity index (χ1) is 12.4. The van der Waals surface area contributed by atoms with Crippen LogP contribution in [0.5, 0.6) is 0 Å². The first kappa shape index (κ1) is 19.7. The molecular formula is C20H27N3O3. The SMILES string of the molecule is CC(C)C(=O)N1CCN(C(=O)C(C)NC(=O)/C=C/c2ccccc2)CC1. The van der Waals surface area contributed by atoms with E-state index in [1.807, 2.05) is 44.2 Å². The maximum atomic E-state index is 12.5. The van der Waals surface area contributed by atoms with Crippen LogP contribution in [0.25, 0.3) is 6.08 Å². The highest BCUT2D eigenvalue weighted by Crippen LogP contribution is 2.08. The molecule has 26 heavy (non-hydrogen) atoms. The lowest BCUT2D eigenvalue weighted by atomic mass is 10.1. The number of carbonyl (C=O) groups is 3. The summed E-state index contributed by atoms with van der Waals surface area (Å²) in [5.74, 6) is -0.345. The number of nitrogens with one attached hydrogen (secondary N) is 1. The van der Waals surface area contributed by atoms with Gasteiger partial charge >= 0.3 is 0 Å². The zero-order valence-corrected chi connectivity index (χ0v) is 15.6. The molecule has 0 spiro atoms. The topological polar surface area (TPSA) is 69.7 Å². The van der Waals surface area contributed by atoms with Gasteiger partial charge in [0, 0.05) is 38.2 Å². The minimum atomic E-state index is -0.602. The summed E-state index contributed by atoms with van der Waals surface area (Å²) in [6.45, 7) is 7.51. The number of rotatable bonds is 5. The first-order valence-electron chi connectivity index (χ1n) is 8.99. The van der Waals surface area contributed by atoms with Crippen molar-refractivity contribution < 1.29 is 14.4 Å². The molecule has 0 radical (unpaired) electrons. The molecule has 1 atom stereocenters. The Morgan fingerprint density at radius 1 is 0.923 bits per heavy atom. The Balaban J connectivity index is 1.81. The molecule has 6 heteroatoms. The maximum Gasteiger partial charge on any atom is 0.244 e. The number of nitrogens with zero attached hydrogens (tertiary/aromatic N) is 2. The minimum absolute atomic E-state index is 0.0353. The van der Waals surface area contributed by atoms with Gasteiger partial charge in [0.05, 0.1) is 0 Å². The molecule has 1 N–H and O–H groups in total.